The second-order valence-electron chi connectivity index (χ2n) is 8.22. The summed E-state index contributed by atoms with van der Waals surface area (Å²) in [6.07, 6.45) is 11.4. The fraction of sp³-hybridized carbons (Fsp3) is 0.400. The number of hydrogen-bond acceptors (Lipinski definition) is 10. The van der Waals surface area contributed by atoms with Crippen LogP contribution in [0.3, 0.4) is 0 Å². The number of fused-ring (bicyclic) bond motifs is 3. The molecule has 0 spiro atoms. The van der Waals surface area contributed by atoms with Crippen LogP contribution in [0.1, 0.15) is 31.8 Å². The molecule has 212 valence electrons. The van der Waals surface area contributed by atoms with Crippen LogP contribution in [0.15, 0.2) is 24.3 Å². The molecule has 10 heteroatoms. The molecule has 0 N–H and O–H groups in total. The predicted molar refractivity (Wildman–Crippen MR) is 145 cm³/mol. The summed E-state index contributed by atoms with van der Waals surface area (Å²) in [7, 11) is 2.50. The van der Waals surface area contributed by atoms with Crippen LogP contribution in [-0.2, 0) is 28.4 Å². The van der Waals surface area contributed by atoms with Crippen LogP contribution in [0.25, 0.3) is 11.1 Å². The highest BCUT2D eigenvalue weighted by molar-refractivity contribution is 6.00. The van der Waals surface area contributed by atoms with Crippen molar-refractivity contribution >= 4 is 11.9 Å². The maximum absolute atomic E-state index is 12.8. The molecule has 0 unspecified atom stereocenters. The maximum atomic E-state index is 12.8. The van der Waals surface area contributed by atoms with E-state index in [2.05, 4.69) is 11.8 Å². The van der Waals surface area contributed by atoms with Crippen LogP contribution >= 0.6 is 0 Å². The van der Waals surface area contributed by atoms with Gasteiger partial charge in [-0.15, -0.1) is 12.8 Å². The van der Waals surface area contributed by atoms with E-state index in [4.69, 9.17) is 50.7 Å². The first kappa shape index (κ1) is 30.5. The molecule has 0 atom stereocenters. The summed E-state index contributed by atoms with van der Waals surface area (Å²) in [6, 6.07) is 6.25. The fourth-order valence-electron chi connectivity index (χ4n) is 3.83. The minimum Gasteiger partial charge on any atom is -0.490 e. The Labute approximate surface area is 233 Å². The van der Waals surface area contributed by atoms with E-state index in [1.54, 1.807) is 12.1 Å². The molecule has 1 heterocycles. The first-order valence-corrected chi connectivity index (χ1v) is 12.6. The Morgan fingerprint density at radius 2 is 0.925 bits per heavy atom. The molecule has 0 saturated carbocycles. The summed E-state index contributed by atoms with van der Waals surface area (Å²) in [5, 5.41) is 0. The number of carbonyl (C=O) groups is 2. The molecule has 2 aromatic rings. The number of rotatable bonds is 2. The van der Waals surface area contributed by atoms with Gasteiger partial charge >= 0.3 is 11.9 Å². The molecule has 1 aliphatic rings. The number of ether oxygens (including phenoxy) is 8. The van der Waals surface area contributed by atoms with E-state index in [1.807, 2.05) is 0 Å². The average Bonchev–Trinajstić information content (AvgIpc) is 2.98. The van der Waals surface area contributed by atoms with Crippen LogP contribution in [0.2, 0.25) is 0 Å². The van der Waals surface area contributed by atoms with E-state index < -0.39 is 11.9 Å². The molecule has 0 saturated heterocycles. The van der Waals surface area contributed by atoms with Crippen LogP contribution in [0.4, 0.5) is 0 Å². The van der Waals surface area contributed by atoms with Gasteiger partial charge in [-0.3, -0.25) is 0 Å². The van der Waals surface area contributed by atoms with Crippen molar-refractivity contribution in [1.82, 2.24) is 0 Å². The van der Waals surface area contributed by atoms with E-state index >= 15 is 0 Å². The summed E-state index contributed by atoms with van der Waals surface area (Å²) >= 11 is 0. The highest BCUT2D eigenvalue weighted by Gasteiger charge is 2.26. The summed E-state index contributed by atoms with van der Waals surface area (Å²) in [5.41, 5.74) is 1.62. The number of methoxy groups -OCH3 is 2. The topological polar surface area (TPSA) is 108 Å². The van der Waals surface area contributed by atoms with Gasteiger partial charge < -0.3 is 37.9 Å². The SMILES string of the molecule is C#Cc1cc(C(=O)OC)c2c(c1)-c1cc(C#C)cc(C(=O)OC)c1OCCOCCOCCOCCOCCO2. The third kappa shape index (κ3) is 8.22. The Bertz CT molecular complexity index is 1160. The fourth-order valence-corrected chi connectivity index (χ4v) is 3.83. The van der Waals surface area contributed by atoms with E-state index in [-0.39, 0.29) is 49.1 Å². The van der Waals surface area contributed by atoms with Crippen molar-refractivity contribution in [3.8, 4) is 47.3 Å². The Kier molecular flexibility index (Phi) is 12.3. The second-order valence-corrected chi connectivity index (χ2v) is 8.22. The zero-order chi connectivity index (χ0) is 28.7. The van der Waals surface area contributed by atoms with Crippen molar-refractivity contribution in [3.63, 3.8) is 0 Å². The molecule has 0 amide bonds. The van der Waals surface area contributed by atoms with E-state index in [0.29, 0.717) is 61.9 Å². The van der Waals surface area contributed by atoms with Crippen molar-refractivity contribution in [3.05, 3.63) is 46.5 Å². The quantitative estimate of drug-likeness (QED) is 0.408. The average molecular weight is 553 g/mol. The number of hydrogen-bond donors (Lipinski definition) is 0. The van der Waals surface area contributed by atoms with Crippen LogP contribution in [0, 0.1) is 24.7 Å². The molecular formula is C30H32O10. The molecule has 10 nitrogen and oxygen atoms in total. The minimum absolute atomic E-state index is 0.0816. The zero-order valence-electron chi connectivity index (χ0n) is 22.6. The lowest BCUT2D eigenvalue weighted by Crippen LogP contribution is -2.17. The summed E-state index contributed by atoms with van der Waals surface area (Å²) < 4.78 is 44.3. The van der Waals surface area contributed by atoms with Crippen molar-refractivity contribution < 1.29 is 47.5 Å². The first-order valence-electron chi connectivity index (χ1n) is 12.6. The van der Waals surface area contributed by atoms with Crippen LogP contribution in [0.5, 0.6) is 11.5 Å². The normalized spacial score (nSPS) is 15.4. The lowest BCUT2D eigenvalue weighted by molar-refractivity contribution is -0.00712. The number of esters is 2. The Hall–Kier alpha value is -4.06. The smallest absolute Gasteiger partial charge is 0.341 e. The van der Waals surface area contributed by atoms with Gasteiger partial charge in [0.05, 0.1) is 67.1 Å². The molecule has 0 fully saturated rings. The molecule has 0 radical (unpaired) electrons. The van der Waals surface area contributed by atoms with Crippen LogP contribution in [-0.4, -0.2) is 92.2 Å². The van der Waals surface area contributed by atoms with E-state index in [9.17, 15) is 9.59 Å². The van der Waals surface area contributed by atoms with Gasteiger partial charge in [0.25, 0.3) is 0 Å². The standard InChI is InChI=1S/C30H32O10/c1-5-21-17-23-24-18-22(6-2)20-26(30(32)34-4)28(24)40-16-14-38-12-10-36-8-7-35-9-11-37-13-15-39-27(23)25(19-21)29(31)33-3/h1-2,17-20H,7-16H2,3-4H3. The summed E-state index contributed by atoms with van der Waals surface area (Å²) in [5.74, 6) is 4.06. The molecule has 0 aliphatic carbocycles. The van der Waals surface area contributed by atoms with Crippen molar-refractivity contribution in [1.29, 1.82) is 0 Å². The van der Waals surface area contributed by atoms with Gasteiger partial charge in [0, 0.05) is 22.3 Å². The van der Waals surface area contributed by atoms with Gasteiger partial charge in [-0.05, 0) is 24.3 Å². The molecule has 0 bridgehead atoms. The van der Waals surface area contributed by atoms with Gasteiger partial charge in [0.1, 0.15) is 35.8 Å². The van der Waals surface area contributed by atoms with Crippen molar-refractivity contribution in [2.75, 3.05) is 80.3 Å². The van der Waals surface area contributed by atoms with E-state index in [1.165, 1.54) is 26.4 Å². The third-order valence-electron chi connectivity index (χ3n) is 5.68. The maximum Gasteiger partial charge on any atom is 0.341 e. The van der Waals surface area contributed by atoms with Crippen molar-refractivity contribution in [2.45, 2.75) is 0 Å². The zero-order valence-corrected chi connectivity index (χ0v) is 22.6. The highest BCUT2D eigenvalue weighted by atomic mass is 16.6. The lowest BCUT2D eigenvalue weighted by atomic mass is 9.94. The van der Waals surface area contributed by atoms with Gasteiger partial charge in [-0.2, -0.15) is 0 Å². The molecule has 0 aromatic heterocycles. The van der Waals surface area contributed by atoms with Crippen LogP contribution < -0.4 is 9.47 Å². The summed E-state index contributed by atoms with van der Waals surface area (Å²) in [6.45, 7) is 2.84. The molecule has 3 rings (SSSR count). The highest BCUT2D eigenvalue weighted by Crippen LogP contribution is 2.42. The monoisotopic (exact) mass is 552 g/mol. The predicted octanol–water partition coefficient (Wildman–Crippen LogP) is 2.73. The van der Waals surface area contributed by atoms with Gasteiger partial charge in [0.2, 0.25) is 0 Å². The Balaban J connectivity index is 2.17. The number of carbonyl (C=O) groups excluding carboxylic acids is 2. The second kappa shape index (κ2) is 16.1. The van der Waals surface area contributed by atoms with Gasteiger partial charge in [0.15, 0.2) is 0 Å². The van der Waals surface area contributed by atoms with Gasteiger partial charge in [-0.1, -0.05) is 11.8 Å². The minimum atomic E-state index is -0.670. The first-order chi connectivity index (χ1) is 19.5. The van der Waals surface area contributed by atoms with Crippen molar-refractivity contribution in [2.24, 2.45) is 0 Å². The molecule has 2 aromatic carbocycles. The molecular weight excluding hydrogens is 520 g/mol. The lowest BCUT2D eigenvalue weighted by Gasteiger charge is -2.20. The number of terminal acetylenes is 2. The molecule has 1 aliphatic heterocycles. The summed E-state index contributed by atoms with van der Waals surface area (Å²) in [4.78, 5) is 25.6. The Morgan fingerprint density at radius 1 is 0.600 bits per heavy atom. The third-order valence-corrected chi connectivity index (χ3v) is 5.68. The largest absolute Gasteiger partial charge is 0.490 e. The number of benzene rings is 2. The Morgan fingerprint density at radius 3 is 1.23 bits per heavy atom. The molecule has 40 heavy (non-hydrogen) atoms. The van der Waals surface area contributed by atoms with Gasteiger partial charge in [-0.25, -0.2) is 9.59 Å². The van der Waals surface area contributed by atoms with E-state index in [0.717, 1.165) is 0 Å².